The van der Waals surface area contributed by atoms with Crippen molar-refractivity contribution in [3.63, 3.8) is 0 Å². The second kappa shape index (κ2) is 4.88. The molecule has 0 radical (unpaired) electrons. The Morgan fingerprint density at radius 2 is 2.15 bits per heavy atom. The summed E-state index contributed by atoms with van der Waals surface area (Å²) in [6.07, 6.45) is 3.54. The maximum Gasteiger partial charge on any atom is 0.338 e. The number of ether oxygens (including phenoxy) is 1. The van der Waals surface area contributed by atoms with Crippen molar-refractivity contribution in [1.29, 1.82) is 0 Å². The van der Waals surface area contributed by atoms with Gasteiger partial charge in [0, 0.05) is 6.04 Å². The SMILES string of the molecule is CC(C)(C)OC(=O)c1ccc2c(c1)C1CCCNC1C2. The molecule has 1 aliphatic carbocycles. The van der Waals surface area contributed by atoms with Gasteiger partial charge in [-0.05, 0) is 75.8 Å². The van der Waals surface area contributed by atoms with Crippen LogP contribution in [0.15, 0.2) is 18.2 Å². The monoisotopic (exact) mass is 273 g/mol. The van der Waals surface area contributed by atoms with Gasteiger partial charge in [-0.25, -0.2) is 4.79 Å². The maximum atomic E-state index is 12.2. The maximum absolute atomic E-state index is 12.2. The average Bonchev–Trinajstić information content (AvgIpc) is 2.74. The van der Waals surface area contributed by atoms with Crippen LogP contribution in [-0.4, -0.2) is 24.2 Å². The summed E-state index contributed by atoms with van der Waals surface area (Å²) in [5, 5.41) is 3.60. The van der Waals surface area contributed by atoms with Crippen LogP contribution >= 0.6 is 0 Å². The first-order chi connectivity index (χ1) is 9.44. The predicted octanol–water partition coefficient (Wildman–Crippen LogP) is 3.03. The van der Waals surface area contributed by atoms with Gasteiger partial charge >= 0.3 is 5.97 Å². The van der Waals surface area contributed by atoms with Gasteiger partial charge in [0.05, 0.1) is 5.56 Å². The highest BCUT2D eigenvalue weighted by Gasteiger charge is 2.34. The van der Waals surface area contributed by atoms with Gasteiger partial charge in [0.2, 0.25) is 0 Å². The first kappa shape index (κ1) is 13.6. The van der Waals surface area contributed by atoms with Crippen molar-refractivity contribution in [1.82, 2.24) is 5.32 Å². The van der Waals surface area contributed by atoms with E-state index in [-0.39, 0.29) is 5.97 Å². The average molecular weight is 273 g/mol. The van der Waals surface area contributed by atoms with Gasteiger partial charge in [0.1, 0.15) is 5.60 Å². The second-order valence-corrected chi connectivity index (χ2v) is 6.93. The molecule has 1 aromatic carbocycles. The highest BCUT2D eigenvalue weighted by atomic mass is 16.6. The summed E-state index contributed by atoms with van der Waals surface area (Å²) in [4.78, 5) is 12.2. The molecule has 1 fully saturated rings. The quantitative estimate of drug-likeness (QED) is 0.799. The van der Waals surface area contributed by atoms with Gasteiger partial charge in [-0.2, -0.15) is 0 Å². The van der Waals surface area contributed by atoms with Crippen LogP contribution in [-0.2, 0) is 11.2 Å². The van der Waals surface area contributed by atoms with Crippen molar-refractivity contribution in [3.05, 3.63) is 34.9 Å². The van der Waals surface area contributed by atoms with E-state index in [0.29, 0.717) is 17.5 Å². The number of carbonyl (C=O) groups excluding carboxylic acids is 1. The molecule has 0 saturated carbocycles. The summed E-state index contributed by atoms with van der Waals surface area (Å²) in [6, 6.07) is 6.63. The topological polar surface area (TPSA) is 38.3 Å². The van der Waals surface area contributed by atoms with Crippen LogP contribution in [0, 0.1) is 0 Å². The molecule has 0 aromatic heterocycles. The fourth-order valence-electron chi connectivity index (χ4n) is 3.37. The molecule has 1 saturated heterocycles. The van der Waals surface area contributed by atoms with Crippen molar-refractivity contribution in [2.45, 2.75) is 57.6 Å². The molecule has 0 spiro atoms. The number of carbonyl (C=O) groups is 1. The van der Waals surface area contributed by atoms with E-state index in [2.05, 4.69) is 17.4 Å². The number of esters is 1. The van der Waals surface area contributed by atoms with E-state index < -0.39 is 5.60 Å². The number of fused-ring (bicyclic) bond motifs is 3. The third-order valence-electron chi connectivity index (χ3n) is 4.20. The summed E-state index contributed by atoms with van der Waals surface area (Å²) in [7, 11) is 0. The van der Waals surface area contributed by atoms with Crippen LogP contribution in [0.1, 0.15) is 61.0 Å². The lowest BCUT2D eigenvalue weighted by atomic mass is 9.89. The molecular weight excluding hydrogens is 250 g/mol. The predicted molar refractivity (Wildman–Crippen MR) is 79.1 cm³/mol. The van der Waals surface area contributed by atoms with E-state index in [1.54, 1.807) is 0 Å². The smallest absolute Gasteiger partial charge is 0.338 e. The standard InChI is InChI=1S/C17H23NO2/c1-17(2,3)20-16(19)12-7-6-11-10-15-13(14(11)9-12)5-4-8-18-15/h6-7,9,13,15,18H,4-5,8,10H2,1-3H3. The summed E-state index contributed by atoms with van der Waals surface area (Å²) in [6.45, 7) is 6.83. The van der Waals surface area contributed by atoms with E-state index in [0.717, 1.165) is 13.0 Å². The minimum atomic E-state index is -0.439. The van der Waals surface area contributed by atoms with Gasteiger partial charge in [0.15, 0.2) is 0 Å². The molecule has 1 aromatic rings. The third-order valence-corrected chi connectivity index (χ3v) is 4.20. The molecule has 3 heteroatoms. The zero-order valence-corrected chi connectivity index (χ0v) is 12.5. The Bertz CT molecular complexity index is 530. The minimum absolute atomic E-state index is 0.215. The largest absolute Gasteiger partial charge is 0.456 e. The normalized spacial score (nSPS) is 24.9. The van der Waals surface area contributed by atoms with Crippen molar-refractivity contribution in [2.75, 3.05) is 6.54 Å². The van der Waals surface area contributed by atoms with Crippen LogP contribution in [0.25, 0.3) is 0 Å². The molecule has 1 aliphatic heterocycles. The van der Waals surface area contributed by atoms with Gasteiger partial charge in [0.25, 0.3) is 0 Å². The Hall–Kier alpha value is -1.35. The highest BCUT2D eigenvalue weighted by molar-refractivity contribution is 5.90. The van der Waals surface area contributed by atoms with Crippen LogP contribution in [0.2, 0.25) is 0 Å². The van der Waals surface area contributed by atoms with Crippen LogP contribution < -0.4 is 5.32 Å². The second-order valence-electron chi connectivity index (χ2n) is 6.93. The Labute approximate surface area is 120 Å². The van der Waals surface area contributed by atoms with E-state index in [1.807, 2.05) is 26.8 Å². The van der Waals surface area contributed by atoms with Gasteiger partial charge in [-0.3, -0.25) is 0 Å². The van der Waals surface area contributed by atoms with E-state index in [1.165, 1.54) is 24.0 Å². The number of benzene rings is 1. The molecule has 0 amide bonds. The molecule has 3 nitrogen and oxygen atoms in total. The molecule has 3 rings (SSSR count). The lowest BCUT2D eigenvalue weighted by molar-refractivity contribution is 0.00694. The zero-order chi connectivity index (χ0) is 14.3. The minimum Gasteiger partial charge on any atom is -0.456 e. The number of hydrogen-bond donors (Lipinski definition) is 1. The number of piperidine rings is 1. The summed E-state index contributed by atoms with van der Waals surface area (Å²) >= 11 is 0. The fraction of sp³-hybridized carbons (Fsp3) is 0.588. The van der Waals surface area contributed by atoms with Crippen molar-refractivity contribution in [3.8, 4) is 0 Å². The van der Waals surface area contributed by atoms with Gasteiger partial charge in [-0.1, -0.05) is 6.07 Å². The Balaban J connectivity index is 1.85. The molecule has 20 heavy (non-hydrogen) atoms. The van der Waals surface area contributed by atoms with E-state index in [4.69, 9.17) is 4.74 Å². The first-order valence-electron chi connectivity index (χ1n) is 7.53. The summed E-state index contributed by atoms with van der Waals surface area (Å²) < 4.78 is 5.47. The molecular formula is C17H23NO2. The Kier molecular flexibility index (Phi) is 3.33. The summed E-state index contributed by atoms with van der Waals surface area (Å²) in [5.41, 5.74) is 2.99. The number of hydrogen-bond acceptors (Lipinski definition) is 3. The number of nitrogens with one attached hydrogen (secondary N) is 1. The fourth-order valence-corrected chi connectivity index (χ4v) is 3.37. The molecule has 0 bridgehead atoms. The number of rotatable bonds is 1. The molecule has 2 atom stereocenters. The van der Waals surface area contributed by atoms with Crippen LogP contribution in [0.4, 0.5) is 0 Å². The molecule has 1 N–H and O–H groups in total. The zero-order valence-electron chi connectivity index (χ0n) is 12.5. The lowest BCUT2D eigenvalue weighted by Crippen LogP contribution is -2.37. The van der Waals surface area contributed by atoms with Crippen molar-refractivity contribution < 1.29 is 9.53 Å². The summed E-state index contributed by atoms with van der Waals surface area (Å²) in [5.74, 6) is 0.355. The van der Waals surface area contributed by atoms with Crippen molar-refractivity contribution in [2.24, 2.45) is 0 Å². The van der Waals surface area contributed by atoms with E-state index in [9.17, 15) is 4.79 Å². The first-order valence-corrected chi connectivity index (χ1v) is 7.53. The lowest BCUT2D eigenvalue weighted by Gasteiger charge is -2.27. The van der Waals surface area contributed by atoms with E-state index >= 15 is 0 Å². The van der Waals surface area contributed by atoms with Crippen molar-refractivity contribution >= 4 is 5.97 Å². The van der Waals surface area contributed by atoms with Crippen LogP contribution in [0.3, 0.4) is 0 Å². The van der Waals surface area contributed by atoms with Crippen LogP contribution in [0.5, 0.6) is 0 Å². The molecule has 2 aliphatic rings. The van der Waals surface area contributed by atoms with Gasteiger partial charge < -0.3 is 10.1 Å². The Morgan fingerprint density at radius 1 is 1.35 bits per heavy atom. The molecule has 1 heterocycles. The molecule has 2 unspecified atom stereocenters. The van der Waals surface area contributed by atoms with Gasteiger partial charge in [-0.15, -0.1) is 0 Å². The Morgan fingerprint density at radius 3 is 2.90 bits per heavy atom. The molecule has 108 valence electrons. The highest BCUT2D eigenvalue weighted by Crippen LogP contribution is 2.39. The third kappa shape index (κ3) is 2.59.